The fourth-order valence-electron chi connectivity index (χ4n) is 2.05. The first kappa shape index (κ1) is 17.8. The third-order valence-electron chi connectivity index (χ3n) is 3.35. The maximum atomic E-state index is 12.2. The van der Waals surface area contributed by atoms with Gasteiger partial charge in [0.2, 0.25) is 5.91 Å². The van der Waals surface area contributed by atoms with Gasteiger partial charge in [-0.15, -0.1) is 0 Å². The van der Waals surface area contributed by atoms with Crippen LogP contribution in [0.5, 0.6) is 0 Å². The van der Waals surface area contributed by atoms with Crippen molar-refractivity contribution in [3.63, 3.8) is 0 Å². The van der Waals surface area contributed by atoms with E-state index in [2.05, 4.69) is 20.7 Å². The summed E-state index contributed by atoms with van der Waals surface area (Å²) >= 11 is 0. The monoisotopic (exact) mass is 338 g/mol. The maximum Gasteiger partial charge on any atom is 0.411 e. The summed E-state index contributed by atoms with van der Waals surface area (Å²) in [5.74, 6) is -0.230. The van der Waals surface area contributed by atoms with Gasteiger partial charge in [-0.3, -0.25) is 10.1 Å². The lowest BCUT2D eigenvalue weighted by atomic mass is 10.2. The number of hydrogen-bond acceptors (Lipinski definition) is 5. The van der Waals surface area contributed by atoms with Crippen LogP contribution in [0.2, 0.25) is 0 Å². The topological polar surface area (TPSA) is 103 Å². The smallest absolute Gasteiger partial charge is 0.411 e. The number of carbonyl (C=O) groups is 2. The van der Waals surface area contributed by atoms with E-state index in [4.69, 9.17) is 5.26 Å². The van der Waals surface area contributed by atoms with Gasteiger partial charge >= 0.3 is 6.09 Å². The molecule has 2 rings (SSSR count). The molecule has 7 heteroatoms. The van der Waals surface area contributed by atoms with Crippen molar-refractivity contribution in [2.45, 2.75) is 13.0 Å². The summed E-state index contributed by atoms with van der Waals surface area (Å²) in [5.41, 5.74) is 2.36. The number of nitrogens with one attached hydrogen (secondary N) is 3. The summed E-state index contributed by atoms with van der Waals surface area (Å²) in [6, 6.07) is 15.1. The van der Waals surface area contributed by atoms with Gasteiger partial charge in [-0.05, 0) is 49.4 Å². The first-order valence-corrected chi connectivity index (χ1v) is 7.54. The summed E-state index contributed by atoms with van der Waals surface area (Å²) in [7, 11) is 1.29. The summed E-state index contributed by atoms with van der Waals surface area (Å²) in [5, 5.41) is 17.2. The van der Waals surface area contributed by atoms with E-state index in [1.54, 1.807) is 55.5 Å². The molecule has 0 heterocycles. The van der Waals surface area contributed by atoms with Gasteiger partial charge in [0.05, 0.1) is 18.7 Å². The van der Waals surface area contributed by atoms with Crippen LogP contribution in [0, 0.1) is 11.3 Å². The highest BCUT2D eigenvalue weighted by molar-refractivity contribution is 5.96. The van der Waals surface area contributed by atoms with Gasteiger partial charge in [0.15, 0.2) is 0 Å². The van der Waals surface area contributed by atoms with Crippen LogP contribution >= 0.6 is 0 Å². The number of nitrogens with zero attached hydrogens (tertiary/aromatic N) is 1. The zero-order valence-corrected chi connectivity index (χ0v) is 13.9. The molecule has 1 unspecified atom stereocenters. The highest BCUT2D eigenvalue weighted by Gasteiger charge is 2.13. The Labute approximate surface area is 145 Å². The molecule has 0 aliphatic carbocycles. The van der Waals surface area contributed by atoms with Crippen LogP contribution in [0.3, 0.4) is 0 Å². The van der Waals surface area contributed by atoms with E-state index in [0.717, 1.165) is 5.69 Å². The summed E-state index contributed by atoms with van der Waals surface area (Å²) in [4.78, 5) is 23.4. The average molecular weight is 338 g/mol. The standard InChI is InChI=1S/C18H18N4O3/c1-12(17(23)21-16-5-3-4-13(10-16)11-19)20-14-6-8-15(9-7-14)22-18(24)25-2/h3-10,12,20H,1-2H3,(H,21,23)(H,22,24). The Morgan fingerprint density at radius 2 is 1.72 bits per heavy atom. The van der Waals surface area contributed by atoms with Gasteiger partial charge < -0.3 is 15.4 Å². The van der Waals surface area contributed by atoms with Crippen molar-refractivity contribution >= 4 is 29.1 Å². The molecule has 0 saturated carbocycles. The number of methoxy groups -OCH3 is 1. The number of amides is 2. The average Bonchev–Trinajstić information content (AvgIpc) is 2.63. The van der Waals surface area contributed by atoms with Gasteiger partial charge in [0.1, 0.15) is 6.04 Å². The second-order valence-electron chi connectivity index (χ2n) is 5.24. The quantitative estimate of drug-likeness (QED) is 0.777. The third kappa shape index (κ3) is 5.25. The van der Waals surface area contributed by atoms with Crippen LogP contribution in [-0.4, -0.2) is 25.2 Å². The second-order valence-corrected chi connectivity index (χ2v) is 5.24. The third-order valence-corrected chi connectivity index (χ3v) is 3.35. The Morgan fingerprint density at radius 3 is 2.36 bits per heavy atom. The molecule has 2 amide bonds. The molecule has 0 spiro atoms. The van der Waals surface area contributed by atoms with E-state index in [1.165, 1.54) is 7.11 Å². The van der Waals surface area contributed by atoms with Crippen LogP contribution < -0.4 is 16.0 Å². The van der Waals surface area contributed by atoms with Crippen molar-refractivity contribution in [2.75, 3.05) is 23.1 Å². The van der Waals surface area contributed by atoms with Crippen molar-refractivity contribution in [2.24, 2.45) is 0 Å². The van der Waals surface area contributed by atoms with Crippen LogP contribution in [0.1, 0.15) is 12.5 Å². The minimum absolute atomic E-state index is 0.230. The van der Waals surface area contributed by atoms with Gasteiger partial charge in [-0.1, -0.05) is 6.07 Å². The number of hydrogen-bond donors (Lipinski definition) is 3. The number of rotatable bonds is 5. The fraction of sp³-hybridized carbons (Fsp3) is 0.167. The SMILES string of the molecule is COC(=O)Nc1ccc(NC(C)C(=O)Nc2cccc(C#N)c2)cc1. The molecule has 7 nitrogen and oxygen atoms in total. The largest absolute Gasteiger partial charge is 0.453 e. The minimum atomic E-state index is -0.548. The fourth-order valence-corrected chi connectivity index (χ4v) is 2.05. The van der Waals surface area contributed by atoms with Crippen molar-refractivity contribution in [1.82, 2.24) is 0 Å². The molecule has 25 heavy (non-hydrogen) atoms. The first-order chi connectivity index (χ1) is 12.0. The number of ether oxygens (including phenoxy) is 1. The highest BCUT2D eigenvalue weighted by atomic mass is 16.5. The molecule has 128 valence electrons. The number of anilines is 3. The Balaban J connectivity index is 1.94. The van der Waals surface area contributed by atoms with Crippen molar-refractivity contribution in [3.8, 4) is 6.07 Å². The maximum absolute atomic E-state index is 12.2. The second kappa shape index (κ2) is 8.36. The lowest BCUT2D eigenvalue weighted by Crippen LogP contribution is -2.31. The zero-order valence-electron chi connectivity index (χ0n) is 13.9. The molecule has 0 aromatic heterocycles. The lowest BCUT2D eigenvalue weighted by molar-refractivity contribution is -0.116. The molecule has 3 N–H and O–H groups in total. The molecule has 0 fully saturated rings. The van der Waals surface area contributed by atoms with Crippen molar-refractivity contribution in [3.05, 3.63) is 54.1 Å². The molecule has 0 aliphatic rings. The van der Waals surface area contributed by atoms with E-state index >= 15 is 0 Å². The Hall–Kier alpha value is -3.53. The van der Waals surface area contributed by atoms with Crippen LogP contribution in [0.15, 0.2) is 48.5 Å². The van der Waals surface area contributed by atoms with E-state index < -0.39 is 12.1 Å². The highest BCUT2D eigenvalue weighted by Crippen LogP contribution is 2.16. The van der Waals surface area contributed by atoms with E-state index in [1.807, 2.05) is 6.07 Å². The van der Waals surface area contributed by atoms with Crippen LogP contribution in [0.25, 0.3) is 0 Å². The van der Waals surface area contributed by atoms with Gasteiger partial charge in [-0.2, -0.15) is 5.26 Å². The lowest BCUT2D eigenvalue weighted by Gasteiger charge is -2.16. The summed E-state index contributed by atoms with van der Waals surface area (Å²) < 4.78 is 4.51. The summed E-state index contributed by atoms with van der Waals surface area (Å²) in [6.45, 7) is 1.73. The molecule has 0 saturated heterocycles. The van der Waals surface area contributed by atoms with Crippen LogP contribution in [-0.2, 0) is 9.53 Å². The molecule has 0 bridgehead atoms. The Morgan fingerprint density at radius 1 is 1.04 bits per heavy atom. The molecule has 1 atom stereocenters. The van der Waals surface area contributed by atoms with E-state index in [9.17, 15) is 9.59 Å². The zero-order chi connectivity index (χ0) is 18.2. The predicted octanol–water partition coefficient (Wildman–Crippen LogP) is 3.18. The van der Waals surface area contributed by atoms with Crippen molar-refractivity contribution < 1.29 is 14.3 Å². The van der Waals surface area contributed by atoms with Crippen LogP contribution in [0.4, 0.5) is 21.9 Å². The van der Waals surface area contributed by atoms with Gasteiger partial charge in [0.25, 0.3) is 0 Å². The summed E-state index contributed by atoms with van der Waals surface area (Å²) in [6.07, 6.45) is -0.548. The normalized spacial score (nSPS) is 10.9. The molecule has 2 aromatic carbocycles. The first-order valence-electron chi connectivity index (χ1n) is 7.54. The molecular formula is C18H18N4O3. The molecule has 0 aliphatic heterocycles. The van der Waals surface area contributed by atoms with Gasteiger partial charge in [-0.25, -0.2) is 4.79 Å². The Bertz CT molecular complexity index is 797. The number of carbonyl (C=O) groups excluding carboxylic acids is 2. The van der Waals surface area contributed by atoms with Crippen molar-refractivity contribution in [1.29, 1.82) is 5.26 Å². The molecule has 0 radical (unpaired) electrons. The predicted molar refractivity (Wildman–Crippen MR) is 95.3 cm³/mol. The van der Waals surface area contributed by atoms with Gasteiger partial charge in [0, 0.05) is 17.1 Å². The number of nitriles is 1. The molecule has 2 aromatic rings. The number of benzene rings is 2. The molecular weight excluding hydrogens is 320 g/mol. The van der Waals surface area contributed by atoms with E-state index in [-0.39, 0.29) is 5.91 Å². The minimum Gasteiger partial charge on any atom is -0.453 e. The van der Waals surface area contributed by atoms with E-state index in [0.29, 0.717) is 16.9 Å². The Kier molecular flexibility index (Phi) is 5.96.